The van der Waals surface area contributed by atoms with Crippen molar-refractivity contribution >= 4 is 23.6 Å². The van der Waals surface area contributed by atoms with Crippen LogP contribution >= 0.6 is 11.6 Å². The molecule has 0 fully saturated rings. The van der Waals surface area contributed by atoms with Crippen molar-refractivity contribution < 1.29 is 14.7 Å². The first-order chi connectivity index (χ1) is 10.5. The minimum absolute atomic E-state index is 0.218. The predicted octanol–water partition coefficient (Wildman–Crippen LogP) is 3.04. The number of carboxylic acids is 1. The summed E-state index contributed by atoms with van der Waals surface area (Å²) in [6.45, 7) is 0.729. The zero-order valence-electron chi connectivity index (χ0n) is 11.7. The number of carbonyl (C=O) groups is 2. The van der Waals surface area contributed by atoms with Gasteiger partial charge in [-0.3, -0.25) is 0 Å². The number of aromatic carboxylic acids is 1. The molecule has 2 rings (SSSR count). The second-order valence-corrected chi connectivity index (χ2v) is 5.10. The number of hydrogen-bond donors (Lipinski definition) is 3. The largest absolute Gasteiger partial charge is 0.478 e. The summed E-state index contributed by atoms with van der Waals surface area (Å²) in [6, 6.07) is 13.3. The molecule has 5 nitrogen and oxygen atoms in total. The Hall–Kier alpha value is -2.53. The Balaban J connectivity index is 1.77. The van der Waals surface area contributed by atoms with Crippen LogP contribution in [0.15, 0.2) is 48.5 Å². The lowest BCUT2D eigenvalue weighted by Gasteiger charge is -2.08. The van der Waals surface area contributed by atoms with Crippen molar-refractivity contribution in [1.82, 2.24) is 10.6 Å². The number of carboxylic acid groups (broad SMARTS) is 1. The molecular formula is C16H15ClN2O3. The Labute approximate surface area is 132 Å². The molecule has 0 saturated carbocycles. The highest BCUT2D eigenvalue weighted by atomic mass is 35.5. The lowest BCUT2D eigenvalue weighted by atomic mass is 10.1. The summed E-state index contributed by atoms with van der Waals surface area (Å²) in [5, 5.41) is 14.9. The van der Waals surface area contributed by atoms with E-state index in [0.717, 1.165) is 11.1 Å². The first kappa shape index (κ1) is 15.9. The maximum Gasteiger partial charge on any atom is 0.335 e. The average molecular weight is 319 g/mol. The summed E-state index contributed by atoms with van der Waals surface area (Å²) in [5.74, 6) is -0.972. The van der Waals surface area contributed by atoms with Crippen LogP contribution in [-0.4, -0.2) is 17.1 Å². The Kier molecular flexibility index (Phi) is 5.38. The van der Waals surface area contributed by atoms with Gasteiger partial charge < -0.3 is 15.7 Å². The van der Waals surface area contributed by atoms with Crippen molar-refractivity contribution in [3.8, 4) is 0 Å². The van der Waals surface area contributed by atoms with Crippen molar-refractivity contribution in [3.05, 3.63) is 70.2 Å². The zero-order valence-corrected chi connectivity index (χ0v) is 12.4. The van der Waals surface area contributed by atoms with Gasteiger partial charge in [-0.15, -0.1) is 0 Å². The third-order valence-corrected chi connectivity index (χ3v) is 3.27. The standard InChI is InChI=1S/C16H15ClN2O3/c17-14-7-3-12(4-8-14)10-19-16(22)18-9-11-1-5-13(6-2-11)15(20)21/h1-8H,9-10H2,(H,20,21)(H2,18,19,22). The van der Waals surface area contributed by atoms with E-state index < -0.39 is 5.97 Å². The predicted molar refractivity (Wildman–Crippen MR) is 83.9 cm³/mol. The Morgan fingerprint density at radius 2 is 1.32 bits per heavy atom. The topological polar surface area (TPSA) is 78.4 Å². The number of urea groups is 1. The smallest absolute Gasteiger partial charge is 0.335 e. The molecule has 0 aliphatic carbocycles. The molecule has 0 bridgehead atoms. The monoisotopic (exact) mass is 318 g/mol. The molecule has 0 atom stereocenters. The average Bonchev–Trinajstić information content (AvgIpc) is 2.52. The van der Waals surface area contributed by atoms with E-state index in [-0.39, 0.29) is 11.6 Å². The maximum absolute atomic E-state index is 11.7. The molecule has 2 aromatic rings. The van der Waals surface area contributed by atoms with Gasteiger partial charge in [0.25, 0.3) is 0 Å². The van der Waals surface area contributed by atoms with Crippen molar-refractivity contribution in [2.45, 2.75) is 13.1 Å². The summed E-state index contributed by atoms with van der Waals surface area (Å²) >= 11 is 5.79. The second kappa shape index (κ2) is 7.47. The second-order valence-electron chi connectivity index (χ2n) is 4.66. The van der Waals surface area contributed by atoms with Crippen LogP contribution < -0.4 is 10.6 Å². The molecule has 0 aliphatic heterocycles. The number of benzene rings is 2. The number of hydrogen-bond acceptors (Lipinski definition) is 2. The van der Waals surface area contributed by atoms with Crippen LogP contribution in [0.1, 0.15) is 21.5 Å². The van der Waals surface area contributed by atoms with Crippen LogP contribution in [0.3, 0.4) is 0 Å². The summed E-state index contributed by atoms with van der Waals surface area (Å²) in [5.41, 5.74) is 1.99. The molecule has 0 saturated heterocycles. The third-order valence-electron chi connectivity index (χ3n) is 3.02. The van der Waals surface area contributed by atoms with Crippen molar-refractivity contribution in [2.75, 3.05) is 0 Å². The summed E-state index contributed by atoms with van der Waals surface area (Å²) in [6.07, 6.45) is 0. The van der Waals surface area contributed by atoms with Gasteiger partial charge in [0.05, 0.1) is 5.56 Å². The number of carbonyl (C=O) groups excluding carboxylic acids is 1. The normalized spacial score (nSPS) is 10.0. The summed E-state index contributed by atoms with van der Waals surface area (Å²) in [4.78, 5) is 22.4. The fourth-order valence-electron chi connectivity index (χ4n) is 1.79. The number of rotatable bonds is 5. The lowest BCUT2D eigenvalue weighted by molar-refractivity contribution is 0.0697. The SMILES string of the molecule is O=C(NCc1ccc(Cl)cc1)NCc1ccc(C(=O)O)cc1. The Morgan fingerprint density at radius 1 is 0.864 bits per heavy atom. The van der Waals surface area contributed by atoms with E-state index in [2.05, 4.69) is 10.6 Å². The van der Waals surface area contributed by atoms with Gasteiger partial charge in [0.15, 0.2) is 0 Å². The van der Waals surface area contributed by atoms with Gasteiger partial charge in [-0.1, -0.05) is 35.9 Å². The van der Waals surface area contributed by atoms with E-state index in [9.17, 15) is 9.59 Å². The minimum atomic E-state index is -0.972. The van der Waals surface area contributed by atoms with Gasteiger partial charge in [-0.25, -0.2) is 9.59 Å². The number of amides is 2. The van der Waals surface area contributed by atoms with Gasteiger partial charge in [0, 0.05) is 18.1 Å². The van der Waals surface area contributed by atoms with E-state index in [1.54, 1.807) is 24.3 Å². The van der Waals surface area contributed by atoms with Gasteiger partial charge in [-0.05, 0) is 35.4 Å². The highest BCUT2D eigenvalue weighted by Crippen LogP contribution is 2.09. The Bertz CT molecular complexity index is 654. The minimum Gasteiger partial charge on any atom is -0.478 e. The van der Waals surface area contributed by atoms with Crippen LogP contribution in [0, 0.1) is 0 Å². The van der Waals surface area contributed by atoms with Gasteiger partial charge >= 0.3 is 12.0 Å². The molecule has 114 valence electrons. The molecule has 2 aromatic carbocycles. The van der Waals surface area contributed by atoms with E-state index >= 15 is 0 Å². The molecule has 3 N–H and O–H groups in total. The maximum atomic E-state index is 11.7. The van der Waals surface area contributed by atoms with Crippen molar-refractivity contribution in [3.63, 3.8) is 0 Å². The lowest BCUT2D eigenvalue weighted by Crippen LogP contribution is -2.34. The summed E-state index contributed by atoms with van der Waals surface area (Å²) < 4.78 is 0. The number of nitrogens with one attached hydrogen (secondary N) is 2. The Morgan fingerprint density at radius 3 is 1.77 bits per heavy atom. The van der Waals surface area contributed by atoms with Crippen LogP contribution in [0.5, 0.6) is 0 Å². The van der Waals surface area contributed by atoms with Gasteiger partial charge in [-0.2, -0.15) is 0 Å². The van der Waals surface area contributed by atoms with Crippen molar-refractivity contribution in [2.24, 2.45) is 0 Å². The van der Waals surface area contributed by atoms with E-state index in [1.165, 1.54) is 12.1 Å². The molecule has 2 amide bonds. The molecule has 0 aliphatic rings. The van der Waals surface area contributed by atoms with Crippen LogP contribution in [-0.2, 0) is 13.1 Å². The zero-order chi connectivity index (χ0) is 15.9. The van der Waals surface area contributed by atoms with Crippen LogP contribution in [0.4, 0.5) is 4.79 Å². The molecule has 0 heterocycles. The fraction of sp³-hybridized carbons (Fsp3) is 0.125. The first-order valence-electron chi connectivity index (χ1n) is 6.63. The summed E-state index contributed by atoms with van der Waals surface area (Å²) in [7, 11) is 0. The molecule has 0 unspecified atom stereocenters. The molecule has 0 radical (unpaired) electrons. The van der Waals surface area contributed by atoms with Gasteiger partial charge in [0.2, 0.25) is 0 Å². The van der Waals surface area contributed by atoms with E-state index in [1.807, 2.05) is 12.1 Å². The van der Waals surface area contributed by atoms with Crippen molar-refractivity contribution in [1.29, 1.82) is 0 Å². The highest BCUT2D eigenvalue weighted by molar-refractivity contribution is 6.30. The third kappa shape index (κ3) is 4.79. The van der Waals surface area contributed by atoms with Crippen LogP contribution in [0.2, 0.25) is 5.02 Å². The molecule has 22 heavy (non-hydrogen) atoms. The van der Waals surface area contributed by atoms with E-state index in [0.29, 0.717) is 18.1 Å². The van der Waals surface area contributed by atoms with E-state index in [4.69, 9.17) is 16.7 Å². The van der Waals surface area contributed by atoms with Gasteiger partial charge in [0.1, 0.15) is 0 Å². The number of halogens is 1. The molecular weight excluding hydrogens is 304 g/mol. The molecule has 0 spiro atoms. The highest BCUT2D eigenvalue weighted by Gasteiger charge is 2.03. The quantitative estimate of drug-likeness (QED) is 0.793. The first-order valence-corrected chi connectivity index (χ1v) is 7.01. The molecule has 6 heteroatoms. The fourth-order valence-corrected chi connectivity index (χ4v) is 1.92. The van der Waals surface area contributed by atoms with Crippen LogP contribution in [0.25, 0.3) is 0 Å². The molecule has 0 aromatic heterocycles.